The van der Waals surface area contributed by atoms with Gasteiger partial charge in [-0.05, 0) is 12.0 Å². The Morgan fingerprint density at radius 3 is 2.73 bits per heavy atom. The van der Waals surface area contributed by atoms with E-state index in [2.05, 4.69) is 11.9 Å². The van der Waals surface area contributed by atoms with E-state index in [0.29, 0.717) is 13.0 Å². The van der Waals surface area contributed by atoms with Gasteiger partial charge >= 0.3 is 0 Å². The second kappa shape index (κ2) is 5.98. The highest BCUT2D eigenvalue weighted by atomic mass is 16.2. The molecule has 80 valence electrons. The molecule has 0 aliphatic heterocycles. The Morgan fingerprint density at radius 2 is 2.13 bits per heavy atom. The van der Waals surface area contributed by atoms with Gasteiger partial charge in [-0.25, -0.2) is 0 Å². The highest BCUT2D eigenvalue weighted by Gasteiger charge is 2.12. The minimum atomic E-state index is -0.493. The molecule has 0 saturated carbocycles. The van der Waals surface area contributed by atoms with E-state index in [1.807, 2.05) is 30.3 Å². The predicted molar refractivity (Wildman–Crippen MR) is 61.3 cm³/mol. The largest absolute Gasteiger partial charge is 0.351 e. The van der Waals surface area contributed by atoms with Crippen LogP contribution in [0.25, 0.3) is 0 Å². The van der Waals surface area contributed by atoms with Crippen molar-refractivity contribution in [2.45, 2.75) is 12.5 Å². The van der Waals surface area contributed by atoms with Crippen LogP contribution in [0, 0.1) is 0 Å². The van der Waals surface area contributed by atoms with Crippen LogP contribution in [0.2, 0.25) is 0 Å². The zero-order valence-corrected chi connectivity index (χ0v) is 8.65. The highest BCUT2D eigenvalue weighted by Crippen LogP contribution is 2.01. The molecule has 1 rings (SSSR count). The molecule has 1 amide bonds. The van der Waals surface area contributed by atoms with Gasteiger partial charge in [0.25, 0.3) is 0 Å². The lowest BCUT2D eigenvalue weighted by molar-refractivity contribution is -0.122. The zero-order chi connectivity index (χ0) is 11.1. The summed E-state index contributed by atoms with van der Waals surface area (Å²) in [6.07, 6.45) is 2.19. The van der Waals surface area contributed by atoms with E-state index in [0.717, 1.165) is 5.56 Å². The summed E-state index contributed by atoms with van der Waals surface area (Å²) in [5, 5.41) is 2.67. The molecular formula is C12H16N2O. The third-order valence-corrected chi connectivity index (χ3v) is 2.06. The van der Waals surface area contributed by atoms with Gasteiger partial charge in [-0.2, -0.15) is 0 Å². The zero-order valence-electron chi connectivity index (χ0n) is 8.65. The molecule has 0 aliphatic carbocycles. The molecule has 1 atom stereocenters. The molecule has 0 bridgehead atoms. The van der Waals surface area contributed by atoms with Crippen LogP contribution < -0.4 is 11.1 Å². The minimum absolute atomic E-state index is 0.140. The number of amides is 1. The molecule has 15 heavy (non-hydrogen) atoms. The molecular weight excluding hydrogens is 188 g/mol. The van der Waals surface area contributed by atoms with Gasteiger partial charge in [-0.15, -0.1) is 6.58 Å². The Morgan fingerprint density at radius 1 is 1.47 bits per heavy atom. The summed E-state index contributed by atoms with van der Waals surface area (Å²) in [6.45, 7) is 3.98. The van der Waals surface area contributed by atoms with E-state index in [9.17, 15) is 4.79 Å². The molecule has 3 nitrogen and oxygen atoms in total. The first-order valence-electron chi connectivity index (χ1n) is 4.92. The standard InChI is InChI=1S/C12H16N2O/c1-2-8-14-12(15)11(13)9-10-6-4-3-5-7-10/h2-7,11H,1,8-9,13H2,(H,14,15)/t11-/m1/s1. The summed E-state index contributed by atoms with van der Waals surface area (Å²) in [5.41, 5.74) is 6.81. The van der Waals surface area contributed by atoms with Crippen LogP contribution in [0.3, 0.4) is 0 Å². The average Bonchev–Trinajstić information content (AvgIpc) is 2.27. The fraction of sp³-hybridized carbons (Fsp3) is 0.250. The van der Waals surface area contributed by atoms with Gasteiger partial charge < -0.3 is 11.1 Å². The SMILES string of the molecule is C=CCNC(=O)[C@H](N)Cc1ccccc1. The smallest absolute Gasteiger partial charge is 0.237 e. The van der Waals surface area contributed by atoms with Crippen LogP contribution >= 0.6 is 0 Å². The number of nitrogens with one attached hydrogen (secondary N) is 1. The molecule has 0 aliphatic rings. The van der Waals surface area contributed by atoms with Crippen molar-refractivity contribution in [1.29, 1.82) is 0 Å². The monoisotopic (exact) mass is 204 g/mol. The van der Waals surface area contributed by atoms with Crippen molar-refractivity contribution in [3.63, 3.8) is 0 Å². The van der Waals surface area contributed by atoms with Crippen LogP contribution in [0.4, 0.5) is 0 Å². The molecule has 3 N–H and O–H groups in total. The molecule has 0 aromatic heterocycles. The number of carbonyl (C=O) groups excluding carboxylic acids is 1. The maximum Gasteiger partial charge on any atom is 0.237 e. The molecule has 0 fully saturated rings. The van der Waals surface area contributed by atoms with Gasteiger partial charge in [0.2, 0.25) is 5.91 Å². The van der Waals surface area contributed by atoms with E-state index < -0.39 is 6.04 Å². The number of carbonyl (C=O) groups is 1. The molecule has 0 radical (unpaired) electrons. The number of rotatable bonds is 5. The number of benzene rings is 1. The molecule has 0 spiro atoms. The van der Waals surface area contributed by atoms with Gasteiger partial charge in [-0.3, -0.25) is 4.79 Å². The maximum atomic E-state index is 11.4. The Hall–Kier alpha value is -1.61. The van der Waals surface area contributed by atoms with E-state index in [4.69, 9.17) is 5.73 Å². The highest BCUT2D eigenvalue weighted by molar-refractivity contribution is 5.81. The van der Waals surface area contributed by atoms with E-state index >= 15 is 0 Å². The Bertz CT molecular complexity index is 322. The Kier molecular flexibility index (Phi) is 4.57. The quantitative estimate of drug-likeness (QED) is 0.699. The third kappa shape index (κ3) is 3.95. The van der Waals surface area contributed by atoms with Crippen molar-refractivity contribution in [3.05, 3.63) is 48.6 Å². The van der Waals surface area contributed by atoms with Gasteiger partial charge in [0.05, 0.1) is 6.04 Å². The topological polar surface area (TPSA) is 55.1 Å². The van der Waals surface area contributed by atoms with Crippen LogP contribution in [0.5, 0.6) is 0 Å². The van der Waals surface area contributed by atoms with Gasteiger partial charge in [0.1, 0.15) is 0 Å². The first-order chi connectivity index (χ1) is 7.24. The maximum absolute atomic E-state index is 11.4. The molecule has 3 heteroatoms. The molecule has 0 saturated heterocycles. The average molecular weight is 204 g/mol. The molecule has 1 aromatic carbocycles. The Balaban J connectivity index is 2.45. The summed E-state index contributed by atoms with van der Waals surface area (Å²) < 4.78 is 0. The van der Waals surface area contributed by atoms with Crippen molar-refractivity contribution < 1.29 is 4.79 Å². The summed E-state index contributed by atoms with van der Waals surface area (Å²) in [6, 6.07) is 9.23. The van der Waals surface area contributed by atoms with Crippen molar-refractivity contribution in [3.8, 4) is 0 Å². The van der Waals surface area contributed by atoms with E-state index in [-0.39, 0.29) is 5.91 Å². The summed E-state index contributed by atoms with van der Waals surface area (Å²) in [4.78, 5) is 11.4. The van der Waals surface area contributed by atoms with Crippen LogP contribution in [-0.4, -0.2) is 18.5 Å². The second-order valence-electron chi connectivity index (χ2n) is 3.33. The van der Waals surface area contributed by atoms with E-state index in [1.165, 1.54) is 0 Å². The summed E-state index contributed by atoms with van der Waals surface area (Å²) >= 11 is 0. The van der Waals surface area contributed by atoms with Gasteiger partial charge in [0.15, 0.2) is 0 Å². The third-order valence-electron chi connectivity index (χ3n) is 2.06. The summed E-state index contributed by atoms with van der Waals surface area (Å²) in [7, 11) is 0. The first kappa shape index (κ1) is 11.5. The van der Waals surface area contributed by atoms with Crippen LogP contribution in [-0.2, 0) is 11.2 Å². The van der Waals surface area contributed by atoms with Crippen molar-refractivity contribution in [2.24, 2.45) is 5.73 Å². The lowest BCUT2D eigenvalue weighted by Crippen LogP contribution is -2.42. The van der Waals surface area contributed by atoms with Gasteiger partial charge in [0, 0.05) is 6.54 Å². The van der Waals surface area contributed by atoms with Crippen molar-refractivity contribution in [1.82, 2.24) is 5.32 Å². The Labute approximate surface area is 90.0 Å². The summed E-state index contributed by atoms with van der Waals surface area (Å²) in [5.74, 6) is -0.140. The van der Waals surface area contributed by atoms with Crippen molar-refractivity contribution >= 4 is 5.91 Å². The second-order valence-corrected chi connectivity index (χ2v) is 3.33. The number of nitrogens with two attached hydrogens (primary N) is 1. The predicted octanol–water partition coefficient (Wildman–Crippen LogP) is 0.859. The van der Waals surface area contributed by atoms with Crippen molar-refractivity contribution in [2.75, 3.05) is 6.54 Å². The minimum Gasteiger partial charge on any atom is -0.351 e. The van der Waals surface area contributed by atoms with E-state index in [1.54, 1.807) is 6.08 Å². The lowest BCUT2D eigenvalue weighted by atomic mass is 10.1. The molecule has 0 unspecified atom stereocenters. The van der Waals surface area contributed by atoms with Crippen LogP contribution in [0.15, 0.2) is 43.0 Å². The fourth-order valence-electron chi connectivity index (χ4n) is 1.26. The normalized spacial score (nSPS) is 11.8. The van der Waals surface area contributed by atoms with Crippen LogP contribution in [0.1, 0.15) is 5.56 Å². The molecule has 1 aromatic rings. The number of hydrogen-bond donors (Lipinski definition) is 2. The fourth-order valence-corrected chi connectivity index (χ4v) is 1.26. The first-order valence-corrected chi connectivity index (χ1v) is 4.92. The van der Waals surface area contributed by atoms with Gasteiger partial charge in [-0.1, -0.05) is 36.4 Å². The lowest BCUT2D eigenvalue weighted by Gasteiger charge is -2.10. The molecule has 0 heterocycles. The number of hydrogen-bond acceptors (Lipinski definition) is 2.